The molecule has 1 aromatic rings. The number of thiophene rings is 1. The van der Waals surface area contributed by atoms with Gasteiger partial charge in [-0.05, 0) is 60.4 Å². The monoisotopic (exact) mass is 393 g/mol. The lowest BCUT2D eigenvalue weighted by atomic mass is 10.0. The number of rotatable bonds is 3. The van der Waals surface area contributed by atoms with Crippen LogP contribution in [0.5, 0.6) is 0 Å². The summed E-state index contributed by atoms with van der Waals surface area (Å²) in [6.07, 6.45) is 2.95. The summed E-state index contributed by atoms with van der Waals surface area (Å²) in [4.78, 5) is 2.41. The molecule has 1 aromatic heterocycles. The van der Waals surface area contributed by atoms with Gasteiger partial charge >= 0.3 is 0 Å². The predicted octanol–water partition coefficient (Wildman–Crippen LogP) is 1.70. The third-order valence-electron chi connectivity index (χ3n) is 4.36. The molecule has 5 nitrogen and oxygen atoms in total. The largest absolute Gasteiger partial charge is 0.328 e. The zero-order valence-corrected chi connectivity index (χ0v) is 15.0. The smallest absolute Gasteiger partial charge is 0.252 e. The summed E-state index contributed by atoms with van der Waals surface area (Å²) in [5.41, 5.74) is 5.93. The standard InChI is InChI=1S/C13H20BrN3O2S2/c14-12-1-2-13(20-12)21(18,19)17-8-5-11(9-17)16-6-3-10(15)4-7-16/h1-2,10-11H,3-9,15H2. The van der Waals surface area contributed by atoms with Crippen molar-refractivity contribution in [2.24, 2.45) is 5.73 Å². The summed E-state index contributed by atoms with van der Waals surface area (Å²) in [6, 6.07) is 4.12. The van der Waals surface area contributed by atoms with Crippen molar-refractivity contribution in [1.29, 1.82) is 0 Å². The van der Waals surface area contributed by atoms with E-state index in [1.54, 1.807) is 16.4 Å². The summed E-state index contributed by atoms with van der Waals surface area (Å²) in [5, 5.41) is 0. The van der Waals surface area contributed by atoms with Crippen LogP contribution in [0.1, 0.15) is 19.3 Å². The molecule has 0 amide bonds. The van der Waals surface area contributed by atoms with Gasteiger partial charge in [0.25, 0.3) is 10.0 Å². The SMILES string of the molecule is NC1CCN(C2CCN(S(=O)(=O)c3ccc(Br)s3)C2)CC1. The molecule has 118 valence electrons. The summed E-state index contributed by atoms with van der Waals surface area (Å²) < 4.78 is 28.1. The van der Waals surface area contributed by atoms with E-state index in [1.165, 1.54) is 11.3 Å². The molecule has 8 heteroatoms. The predicted molar refractivity (Wildman–Crippen MR) is 88.0 cm³/mol. The van der Waals surface area contributed by atoms with E-state index >= 15 is 0 Å². The second-order valence-electron chi connectivity index (χ2n) is 5.74. The van der Waals surface area contributed by atoms with E-state index in [0.29, 0.717) is 29.4 Å². The average molecular weight is 394 g/mol. The molecule has 1 unspecified atom stereocenters. The van der Waals surface area contributed by atoms with Crippen LogP contribution in [0.25, 0.3) is 0 Å². The van der Waals surface area contributed by atoms with Crippen LogP contribution in [-0.4, -0.2) is 55.9 Å². The minimum Gasteiger partial charge on any atom is -0.328 e. The molecule has 0 radical (unpaired) electrons. The van der Waals surface area contributed by atoms with Gasteiger partial charge in [-0.25, -0.2) is 8.42 Å². The zero-order valence-electron chi connectivity index (χ0n) is 11.7. The van der Waals surface area contributed by atoms with Crippen molar-refractivity contribution in [2.75, 3.05) is 26.2 Å². The fourth-order valence-corrected chi connectivity index (χ4v) is 6.73. The van der Waals surface area contributed by atoms with Gasteiger partial charge in [-0.3, -0.25) is 4.90 Å². The number of hydrogen-bond donors (Lipinski definition) is 1. The maximum Gasteiger partial charge on any atom is 0.252 e. The van der Waals surface area contributed by atoms with E-state index < -0.39 is 10.0 Å². The lowest BCUT2D eigenvalue weighted by Crippen LogP contribution is -2.46. The van der Waals surface area contributed by atoms with Crippen molar-refractivity contribution in [3.63, 3.8) is 0 Å². The Morgan fingerprint density at radius 1 is 1.19 bits per heavy atom. The number of piperidine rings is 1. The lowest BCUT2D eigenvalue weighted by Gasteiger charge is -2.34. The second kappa shape index (κ2) is 6.25. The normalized spacial score (nSPS) is 26.5. The van der Waals surface area contributed by atoms with Gasteiger partial charge in [-0.15, -0.1) is 11.3 Å². The Balaban J connectivity index is 1.66. The van der Waals surface area contributed by atoms with Gasteiger partial charge < -0.3 is 5.73 Å². The van der Waals surface area contributed by atoms with Crippen LogP contribution in [0, 0.1) is 0 Å². The van der Waals surface area contributed by atoms with Crippen molar-refractivity contribution in [1.82, 2.24) is 9.21 Å². The Morgan fingerprint density at radius 3 is 2.52 bits per heavy atom. The van der Waals surface area contributed by atoms with Crippen molar-refractivity contribution in [3.05, 3.63) is 15.9 Å². The zero-order chi connectivity index (χ0) is 15.0. The number of likely N-dealkylation sites (tertiary alicyclic amines) is 1. The molecule has 2 saturated heterocycles. The number of hydrogen-bond acceptors (Lipinski definition) is 5. The first kappa shape index (κ1) is 15.9. The van der Waals surface area contributed by atoms with Crippen LogP contribution in [-0.2, 0) is 10.0 Å². The van der Waals surface area contributed by atoms with E-state index in [4.69, 9.17) is 5.73 Å². The highest BCUT2D eigenvalue weighted by molar-refractivity contribution is 9.11. The molecule has 3 rings (SSSR count). The number of nitrogens with zero attached hydrogens (tertiary/aromatic N) is 2. The van der Waals surface area contributed by atoms with Crippen LogP contribution in [0.15, 0.2) is 20.1 Å². The van der Waals surface area contributed by atoms with E-state index in [1.807, 2.05) is 0 Å². The van der Waals surface area contributed by atoms with E-state index in [2.05, 4.69) is 20.8 Å². The first-order valence-corrected chi connectivity index (χ1v) is 10.3. The van der Waals surface area contributed by atoms with Gasteiger partial charge in [-0.1, -0.05) is 0 Å². The lowest BCUT2D eigenvalue weighted by molar-refractivity contribution is 0.159. The third-order valence-corrected chi connectivity index (χ3v) is 8.32. The van der Waals surface area contributed by atoms with E-state index in [0.717, 1.165) is 36.1 Å². The van der Waals surface area contributed by atoms with Gasteiger partial charge in [-0.2, -0.15) is 4.31 Å². The highest BCUT2D eigenvalue weighted by atomic mass is 79.9. The van der Waals surface area contributed by atoms with Crippen LogP contribution in [0.2, 0.25) is 0 Å². The molecule has 0 spiro atoms. The van der Waals surface area contributed by atoms with Crippen LogP contribution in [0.4, 0.5) is 0 Å². The molecule has 0 aliphatic carbocycles. The Bertz CT molecular complexity index is 596. The summed E-state index contributed by atoms with van der Waals surface area (Å²) in [7, 11) is -3.33. The van der Waals surface area contributed by atoms with Crippen LogP contribution >= 0.6 is 27.3 Å². The van der Waals surface area contributed by atoms with Crippen LogP contribution in [0.3, 0.4) is 0 Å². The molecular weight excluding hydrogens is 374 g/mol. The van der Waals surface area contributed by atoms with E-state index in [-0.39, 0.29) is 0 Å². The number of nitrogens with two attached hydrogens (primary N) is 1. The van der Waals surface area contributed by atoms with Crippen molar-refractivity contribution in [3.8, 4) is 0 Å². The molecule has 0 bridgehead atoms. The fourth-order valence-electron chi connectivity index (χ4n) is 3.08. The molecule has 2 fully saturated rings. The van der Waals surface area contributed by atoms with Crippen molar-refractivity contribution in [2.45, 2.75) is 35.6 Å². The fraction of sp³-hybridized carbons (Fsp3) is 0.692. The number of sulfonamides is 1. The Hall–Kier alpha value is 0.01000. The third kappa shape index (κ3) is 3.35. The summed E-state index contributed by atoms with van der Waals surface area (Å²) in [6.45, 7) is 3.20. The Kier molecular flexibility index (Phi) is 4.73. The highest BCUT2D eigenvalue weighted by Crippen LogP contribution is 2.31. The molecule has 2 aliphatic rings. The van der Waals surface area contributed by atoms with Crippen molar-refractivity contribution >= 4 is 37.3 Å². The number of halogens is 1. The summed E-state index contributed by atoms with van der Waals surface area (Å²) in [5.74, 6) is 0. The average Bonchev–Trinajstić information content (AvgIpc) is 3.09. The van der Waals surface area contributed by atoms with E-state index in [9.17, 15) is 8.42 Å². The first-order chi connectivity index (χ1) is 9.96. The molecule has 1 atom stereocenters. The van der Waals surface area contributed by atoms with Gasteiger partial charge in [0.2, 0.25) is 0 Å². The Morgan fingerprint density at radius 2 is 1.90 bits per heavy atom. The molecule has 3 heterocycles. The molecule has 2 N–H and O–H groups in total. The van der Waals surface area contributed by atoms with Gasteiger partial charge in [0.05, 0.1) is 3.79 Å². The highest BCUT2D eigenvalue weighted by Gasteiger charge is 2.36. The maximum atomic E-state index is 12.6. The summed E-state index contributed by atoms with van der Waals surface area (Å²) >= 11 is 4.60. The molecule has 0 aromatic carbocycles. The topological polar surface area (TPSA) is 66.6 Å². The minimum atomic E-state index is -3.33. The van der Waals surface area contributed by atoms with Gasteiger partial charge in [0, 0.05) is 25.2 Å². The molecule has 0 saturated carbocycles. The van der Waals surface area contributed by atoms with Gasteiger partial charge in [0.1, 0.15) is 4.21 Å². The minimum absolute atomic E-state index is 0.311. The molecular formula is C13H20BrN3O2S2. The molecule has 21 heavy (non-hydrogen) atoms. The Labute approximate surface area is 138 Å². The van der Waals surface area contributed by atoms with Crippen molar-refractivity contribution < 1.29 is 8.42 Å². The maximum absolute atomic E-state index is 12.6. The van der Waals surface area contributed by atoms with Gasteiger partial charge in [0.15, 0.2) is 0 Å². The van der Waals surface area contributed by atoms with Crippen LogP contribution < -0.4 is 5.73 Å². The second-order valence-corrected chi connectivity index (χ2v) is 10.4. The quantitative estimate of drug-likeness (QED) is 0.848. The molecule has 2 aliphatic heterocycles. The first-order valence-electron chi connectivity index (χ1n) is 7.22.